The number of thiophene rings is 1. The molecule has 154 valence electrons. The van der Waals surface area contributed by atoms with Gasteiger partial charge in [-0.15, -0.1) is 11.3 Å². The maximum Gasteiger partial charge on any atom is 0.243 e. The molecule has 0 saturated carbocycles. The van der Waals surface area contributed by atoms with Gasteiger partial charge in [-0.1, -0.05) is 35.9 Å². The van der Waals surface area contributed by atoms with Crippen molar-refractivity contribution < 1.29 is 22.4 Å². The van der Waals surface area contributed by atoms with Gasteiger partial charge < -0.3 is 5.32 Å². The van der Waals surface area contributed by atoms with Gasteiger partial charge in [0.05, 0.1) is 10.5 Å². The van der Waals surface area contributed by atoms with Gasteiger partial charge in [-0.3, -0.25) is 9.59 Å². The summed E-state index contributed by atoms with van der Waals surface area (Å²) in [6.07, 6.45) is 1.06. The molecular weight excluding hydrogens is 449 g/mol. The lowest BCUT2D eigenvalue weighted by Crippen LogP contribution is -2.48. The summed E-state index contributed by atoms with van der Waals surface area (Å²) in [5.41, 5.74) is -0.232. The number of Topliss-reactive ketones (excluding diaryl/α,β-unsaturated/α-hetero) is 1. The first-order valence-corrected chi connectivity index (χ1v) is 11.9. The number of anilines is 1. The van der Waals surface area contributed by atoms with Crippen LogP contribution in [0.1, 0.15) is 22.8 Å². The minimum Gasteiger partial charge on any atom is -0.316 e. The Labute approximate surface area is 181 Å². The number of hydrogen-bond donors (Lipinski definition) is 1. The molecule has 0 saturated heterocycles. The first-order valence-electron chi connectivity index (χ1n) is 8.78. The van der Waals surface area contributed by atoms with Crippen molar-refractivity contribution >= 4 is 49.5 Å². The number of carbonyl (C=O) groups is 2. The van der Waals surface area contributed by atoms with Crippen molar-refractivity contribution in [2.24, 2.45) is 0 Å². The smallest absolute Gasteiger partial charge is 0.243 e. The van der Waals surface area contributed by atoms with Crippen LogP contribution in [0.4, 0.5) is 9.39 Å². The maximum atomic E-state index is 13.6. The molecule has 1 atom stereocenters. The van der Waals surface area contributed by atoms with Crippen LogP contribution < -0.4 is 5.32 Å². The molecule has 2 heterocycles. The number of rotatable bonds is 3. The summed E-state index contributed by atoms with van der Waals surface area (Å²) < 4.78 is 37.6. The quantitative estimate of drug-likeness (QED) is 0.571. The number of nitrogens with one attached hydrogen (secondary N) is 1. The van der Waals surface area contributed by atoms with E-state index in [2.05, 4.69) is 5.32 Å². The van der Waals surface area contributed by atoms with Gasteiger partial charge in [0.2, 0.25) is 5.91 Å². The minimum absolute atomic E-state index is 0.00901. The van der Waals surface area contributed by atoms with E-state index >= 15 is 0 Å². The maximum absolute atomic E-state index is 13.6. The monoisotopic (exact) mass is 463 g/mol. The number of amides is 1. The molecule has 5 nitrogen and oxygen atoms in total. The van der Waals surface area contributed by atoms with E-state index < -0.39 is 32.8 Å². The molecule has 1 N–H and O–H groups in total. The second-order valence-corrected chi connectivity index (χ2v) is 10.8. The lowest BCUT2D eigenvalue weighted by molar-refractivity contribution is -0.119. The molecule has 9 heteroatoms. The van der Waals surface area contributed by atoms with Crippen LogP contribution in [0.3, 0.4) is 0 Å². The lowest BCUT2D eigenvalue weighted by Gasteiger charge is -2.32. The van der Waals surface area contributed by atoms with Gasteiger partial charge in [-0.25, -0.2) is 12.8 Å². The van der Waals surface area contributed by atoms with Crippen molar-refractivity contribution in [2.75, 3.05) is 11.6 Å². The Hall–Kier alpha value is -2.55. The fourth-order valence-electron chi connectivity index (χ4n) is 3.46. The second-order valence-electron chi connectivity index (χ2n) is 7.17. The van der Waals surface area contributed by atoms with Crippen molar-refractivity contribution in [3.05, 3.63) is 69.8 Å². The number of sulfone groups is 1. The molecular formula is C21H15ClFNO4S2. The van der Waals surface area contributed by atoms with Crippen LogP contribution in [-0.2, 0) is 20.0 Å². The predicted molar refractivity (Wildman–Crippen MR) is 115 cm³/mol. The van der Waals surface area contributed by atoms with Crippen LogP contribution in [0.2, 0.25) is 4.34 Å². The molecule has 2 aromatic carbocycles. The molecule has 1 aromatic heterocycles. The van der Waals surface area contributed by atoms with Crippen molar-refractivity contribution in [2.45, 2.75) is 17.2 Å². The topological polar surface area (TPSA) is 80.3 Å². The second kappa shape index (κ2) is 7.01. The third kappa shape index (κ3) is 3.15. The normalized spacial score (nSPS) is 18.8. The first-order chi connectivity index (χ1) is 14.0. The van der Waals surface area contributed by atoms with Gasteiger partial charge in [0.1, 0.15) is 20.6 Å². The Morgan fingerprint density at radius 2 is 1.73 bits per heavy atom. The zero-order valence-corrected chi connectivity index (χ0v) is 18.2. The molecule has 4 rings (SSSR count). The highest BCUT2D eigenvalue weighted by Crippen LogP contribution is 2.49. The van der Waals surface area contributed by atoms with E-state index in [9.17, 15) is 22.4 Å². The Kier molecular flexibility index (Phi) is 4.84. The minimum atomic E-state index is -3.53. The highest BCUT2D eigenvalue weighted by atomic mass is 35.5. The molecule has 1 aliphatic rings. The number of ketones is 1. The van der Waals surface area contributed by atoms with Crippen LogP contribution in [0.15, 0.2) is 53.4 Å². The molecule has 0 fully saturated rings. The number of carbonyl (C=O) groups excluding carboxylic acids is 2. The van der Waals surface area contributed by atoms with E-state index in [0.29, 0.717) is 16.1 Å². The highest BCUT2D eigenvalue weighted by molar-refractivity contribution is 7.90. The average Bonchev–Trinajstić information content (AvgIpc) is 3.02. The third-order valence-corrected chi connectivity index (χ3v) is 7.62. The van der Waals surface area contributed by atoms with Gasteiger partial charge in [-0.05, 0) is 42.3 Å². The molecule has 1 amide bonds. The van der Waals surface area contributed by atoms with E-state index in [-0.39, 0.29) is 20.4 Å². The van der Waals surface area contributed by atoms with Crippen LogP contribution in [0.25, 0.3) is 11.1 Å². The molecule has 0 aliphatic carbocycles. The highest BCUT2D eigenvalue weighted by Gasteiger charge is 2.49. The summed E-state index contributed by atoms with van der Waals surface area (Å²) in [5, 5.41) is 3.04. The molecule has 3 aromatic rings. The third-order valence-electron chi connectivity index (χ3n) is 5.20. The number of hydrogen-bond acceptors (Lipinski definition) is 5. The summed E-state index contributed by atoms with van der Waals surface area (Å²) in [6.45, 7) is 1.45. The van der Waals surface area contributed by atoms with E-state index in [1.54, 1.807) is 6.07 Å². The summed E-state index contributed by atoms with van der Waals surface area (Å²) in [5.74, 6) is -1.51. The number of fused-ring (bicyclic) bond motifs is 1. The van der Waals surface area contributed by atoms with Crippen LogP contribution in [0, 0.1) is 5.82 Å². The molecule has 0 bridgehead atoms. The zero-order valence-electron chi connectivity index (χ0n) is 15.8. The van der Waals surface area contributed by atoms with E-state index in [4.69, 9.17) is 11.6 Å². The van der Waals surface area contributed by atoms with Crippen molar-refractivity contribution in [3.8, 4) is 11.1 Å². The zero-order chi connectivity index (χ0) is 21.8. The first kappa shape index (κ1) is 20.7. The van der Waals surface area contributed by atoms with Gasteiger partial charge in [0, 0.05) is 11.8 Å². The van der Waals surface area contributed by atoms with Gasteiger partial charge in [0.25, 0.3) is 0 Å². The molecule has 30 heavy (non-hydrogen) atoms. The molecule has 0 radical (unpaired) electrons. The van der Waals surface area contributed by atoms with E-state index in [1.165, 1.54) is 49.4 Å². The van der Waals surface area contributed by atoms with Crippen molar-refractivity contribution in [1.29, 1.82) is 0 Å². The van der Waals surface area contributed by atoms with Gasteiger partial charge >= 0.3 is 0 Å². The van der Waals surface area contributed by atoms with E-state index in [0.717, 1.165) is 17.6 Å². The fourth-order valence-corrected chi connectivity index (χ4v) is 5.51. The predicted octanol–water partition coefficient (Wildman–Crippen LogP) is 4.70. The molecule has 0 spiro atoms. The molecule has 1 aliphatic heterocycles. The number of benzene rings is 2. The Balaban J connectivity index is 1.92. The molecule has 1 unspecified atom stereocenters. The fraction of sp³-hybridized carbons (Fsp3) is 0.143. The van der Waals surface area contributed by atoms with Gasteiger partial charge in [-0.2, -0.15) is 0 Å². The number of halogens is 2. The largest absolute Gasteiger partial charge is 0.316 e. The van der Waals surface area contributed by atoms with E-state index in [1.807, 2.05) is 0 Å². The Morgan fingerprint density at radius 1 is 1.07 bits per heavy atom. The Bertz CT molecular complexity index is 1320. The average molecular weight is 464 g/mol. The van der Waals surface area contributed by atoms with Crippen molar-refractivity contribution in [3.63, 3.8) is 0 Å². The van der Waals surface area contributed by atoms with Crippen molar-refractivity contribution in [1.82, 2.24) is 0 Å². The lowest BCUT2D eigenvalue weighted by atomic mass is 9.73. The Morgan fingerprint density at radius 3 is 2.37 bits per heavy atom. The summed E-state index contributed by atoms with van der Waals surface area (Å²) >= 11 is 7.44. The van der Waals surface area contributed by atoms with Crippen LogP contribution in [0.5, 0.6) is 0 Å². The van der Waals surface area contributed by atoms with Crippen LogP contribution in [-0.4, -0.2) is 26.4 Å². The SMILES string of the molecule is CC1(c2cccc(S(C)(=O)=O)c2)C(=O)Nc2sc(Cl)c(-c3ccc(F)cc3)c2C1=O. The standard InChI is InChI=1S/C21H15ClFNO4S2/c1-21(12-4-3-5-14(10-12)30(2,27)28)17(25)16-15(11-6-8-13(23)9-7-11)18(22)29-19(16)24-20(21)26/h3-10H,1-2H3,(H,24,26). The van der Waals surface area contributed by atoms with Gasteiger partial charge in [0.15, 0.2) is 15.6 Å². The summed E-state index contributed by atoms with van der Waals surface area (Å²) in [7, 11) is -3.53. The summed E-state index contributed by atoms with van der Waals surface area (Å²) in [4.78, 5) is 26.6. The van der Waals surface area contributed by atoms with Crippen LogP contribution >= 0.6 is 22.9 Å². The summed E-state index contributed by atoms with van der Waals surface area (Å²) in [6, 6.07) is 11.3.